The Bertz CT molecular complexity index is 1810. The van der Waals surface area contributed by atoms with Crippen molar-refractivity contribution in [3.63, 3.8) is 0 Å². The number of benzene rings is 4. The minimum Gasteiger partial charge on any atom is -0.494 e. The fourth-order valence-electron chi connectivity index (χ4n) is 4.43. The first-order valence-electron chi connectivity index (χ1n) is 13.3. The molecular formula is C32H28N2O7S. The van der Waals surface area contributed by atoms with Gasteiger partial charge in [-0.3, -0.25) is 14.9 Å². The maximum atomic E-state index is 13.6. The van der Waals surface area contributed by atoms with E-state index in [1.165, 1.54) is 24.3 Å². The van der Waals surface area contributed by atoms with Crippen LogP contribution in [-0.4, -0.2) is 32.9 Å². The van der Waals surface area contributed by atoms with Crippen molar-refractivity contribution in [3.05, 3.63) is 102 Å². The largest absolute Gasteiger partial charge is 0.494 e. The van der Waals surface area contributed by atoms with Crippen LogP contribution in [0.4, 0.5) is 10.5 Å². The molecule has 0 bridgehead atoms. The lowest BCUT2D eigenvalue weighted by atomic mass is 10.00. The van der Waals surface area contributed by atoms with Gasteiger partial charge in [0.1, 0.15) is 16.2 Å². The molecule has 0 unspecified atom stereocenters. The second-order valence-corrected chi connectivity index (χ2v) is 11.2. The molecule has 1 aliphatic rings. The smallest absolute Gasteiger partial charge is 0.339 e. The van der Waals surface area contributed by atoms with Crippen LogP contribution in [0.5, 0.6) is 11.5 Å². The van der Waals surface area contributed by atoms with Crippen molar-refractivity contribution in [1.82, 2.24) is 5.32 Å². The number of rotatable bonds is 9. The molecule has 0 radical (unpaired) electrons. The highest BCUT2D eigenvalue weighted by Crippen LogP contribution is 2.34. The first kappa shape index (κ1) is 28.6. The average molecular weight is 585 g/mol. The number of unbranched alkanes of at least 4 members (excludes halogenated alkanes) is 1. The molecule has 1 fully saturated rings. The van der Waals surface area contributed by atoms with Gasteiger partial charge in [-0.1, -0.05) is 61.4 Å². The molecule has 0 spiro atoms. The monoisotopic (exact) mass is 584 g/mol. The van der Waals surface area contributed by atoms with E-state index in [-0.39, 0.29) is 27.5 Å². The van der Waals surface area contributed by atoms with E-state index < -0.39 is 28.0 Å². The lowest BCUT2D eigenvalue weighted by molar-refractivity contribution is -0.122. The summed E-state index contributed by atoms with van der Waals surface area (Å²) in [6.07, 6.45) is 3.11. The molecule has 0 saturated carbocycles. The minimum atomic E-state index is -4.26. The normalized spacial score (nSPS) is 14.8. The van der Waals surface area contributed by atoms with Crippen molar-refractivity contribution in [3.8, 4) is 11.5 Å². The lowest BCUT2D eigenvalue weighted by Gasteiger charge is -2.26. The number of carbonyl (C=O) groups excluding carboxylic acids is 3. The Morgan fingerprint density at radius 2 is 1.60 bits per heavy atom. The molecular weight excluding hydrogens is 556 g/mol. The summed E-state index contributed by atoms with van der Waals surface area (Å²) >= 11 is 0. The third kappa shape index (κ3) is 5.89. The van der Waals surface area contributed by atoms with Gasteiger partial charge in [-0.15, -0.1) is 0 Å². The number of anilines is 1. The van der Waals surface area contributed by atoms with Crippen LogP contribution < -0.4 is 19.1 Å². The number of nitrogens with one attached hydrogen (secondary N) is 1. The summed E-state index contributed by atoms with van der Waals surface area (Å²) in [5, 5.41) is 3.46. The highest BCUT2D eigenvalue weighted by atomic mass is 32.2. The van der Waals surface area contributed by atoms with E-state index >= 15 is 0 Å². The van der Waals surface area contributed by atoms with Crippen LogP contribution in [0.2, 0.25) is 0 Å². The first-order chi connectivity index (χ1) is 20.2. The highest BCUT2D eigenvalue weighted by Gasteiger charge is 2.37. The first-order valence-corrected chi connectivity index (χ1v) is 14.8. The van der Waals surface area contributed by atoms with E-state index in [1.807, 2.05) is 6.92 Å². The highest BCUT2D eigenvalue weighted by molar-refractivity contribution is 7.87. The molecule has 1 saturated heterocycles. The van der Waals surface area contributed by atoms with Crippen LogP contribution in [0, 0.1) is 6.92 Å². The van der Waals surface area contributed by atoms with Crippen molar-refractivity contribution in [2.24, 2.45) is 0 Å². The summed E-state index contributed by atoms with van der Waals surface area (Å²) in [6.45, 7) is 4.42. The molecule has 5 rings (SSSR count). The zero-order valence-electron chi connectivity index (χ0n) is 23.0. The summed E-state index contributed by atoms with van der Waals surface area (Å²) in [5.41, 5.74) is 0.933. The third-order valence-corrected chi connectivity index (χ3v) is 7.94. The number of hydrogen-bond donors (Lipinski definition) is 1. The van der Waals surface area contributed by atoms with Gasteiger partial charge in [-0.2, -0.15) is 8.42 Å². The van der Waals surface area contributed by atoms with Crippen molar-refractivity contribution >= 4 is 50.5 Å². The Morgan fingerprint density at radius 1 is 0.881 bits per heavy atom. The Morgan fingerprint density at radius 3 is 2.31 bits per heavy atom. The minimum absolute atomic E-state index is 0.0507. The van der Waals surface area contributed by atoms with E-state index in [1.54, 1.807) is 66.7 Å². The summed E-state index contributed by atoms with van der Waals surface area (Å²) in [4.78, 5) is 40.1. The van der Waals surface area contributed by atoms with Crippen molar-refractivity contribution in [1.29, 1.82) is 0 Å². The Kier molecular flexibility index (Phi) is 8.08. The van der Waals surface area contributed by atoms with Crippen LogP contribution >= 0.6 is 0 Å². The van der Waals surface area contributed by atoms with Crippen molar-refractivity contribution < 1.29 is 31.7 Å². The molecule has 214 valence electrons. The number of aryl methyl sites for hydroxylation is 1. The molecule has 4 aromatic rings. The summed E-state index contributed by atoms with van der Waals surface area (Å²) in [6, 6.07) is 21.9. The molecule has 4 amide bonds. The number of fused-ring (bicyclic) bond motifs is 1. The second-order valence-electron chi connectivity index (χ2n) is 9.70. The van der Waals surface area contributed by atoms with Gasteiger partial charge in [0.25, 0.3) is 11.8 Å². The number of urea groups is 1. The molecule has 42 heavy (non-hydrogen) atoms. The zero-order valence-corrected chi connectivity index (χ0v) is 23.8. The summed E-state index contributed by atoms with van der Waals surface area (Å²) in [7, 11) is -4.26. The molecule has 10 heteroatoms. The Balaban J connectivity index is 1.55. The number of barbiturate groups is 1. The van der Waals surface area contributed by atoms with Gasteiger partial charge in [0, 0.05) is 5.56 Å². The zero-order chi connectivity index (χ0) is 29.9. The average Bonchev–Trinajstić information content (AvgIpc) is 2.97. The quantitative estimate of drug-likeness (QED) is 0.115. The molecule has 1 N–H and O–H groups in total. The molecule has 0 aliphatic carbocycles. The molecule has 4 aromatic carbocycles. The summed E-state index contributed by atoms with van der Waals surface area (Å²) < 4.78 is 37.5. The van der Waals surface area contributed by atoms with Gasteiger partial charge in [-0.25, -0.2) is 9.69 Å². The molecule has 0 aromatic heterocycles. The predicted molar refractivity (Wildman–Crippen MR) is 159 cm³/mol. The van der Waals surface area contributed by atoms with Gasteiger partial charge in [0.2, 0.25) is 0 Å². The number of hydrogen-bond acceptors (Lipinski definition) is 7. The molecule has 0 atom stereocenters. The number of amides is 4. The van der Waals surface area contributed by atoms with Gasteiger partial charge in [-0.05, 0) is 72.7 Å². The van der Waals surface area contributed by atoms with Crippen LogP contribution in [0.25, 0.3) is 16.8 Å². The number of imide groups is 2. The molecule has 1 heterocycles. The second kappa shape index (κ2) is 11.9. The Hall–Kier alpha value is -4.96. The van der Waals surface area contributed by atoms with Crippen LogP contribution in [0.15, 0.2) is 95.4 Å². The van der Waals surface area contributed by atoms with Gasteiger partial charge < -0.3 is 8.92 Å². The summed E-state index contributed by atoms with van der Waals surface area (Å²) in [5.74, 6) is -1.29. The topological polar surface area (TPSA) is 119 Å². The van der Waals surface area contributed by atoms with E-state index in [0.717, 1.165) is 28.7 Å². The van der Waals surface area contributed by atoms with Gasteiger partial charge in [0.15, 0.2) is 5.75 Å². The van der Waals surface area contributed by atoms with Crippen molar-refractivity contribution in [2.75, 3.05) is 11.5 Å². The maximum Gasteiger partial charge on any atom is 0.339 e. The fourth-order valence-corrected chi connectivity index (χ4v) is 5.38. The van der Waals surface area contributed by atoms with E-state index in [4.69, 9.17) is 8.92 Å². The van der Waals surface area contributed by atoms with E-state index in [2.05, 4.69) is 12.2 Å². The van der Waals surface area contributed by atoms with Crippen molar-refractivity contribution in [2.45, 2.75) is 31.6 Å². The van der Waals surface area contributed by atoms with Crippen LogP contribution in [0.3, 0.4) is 0 Å². The SMILES string of the molecule is CCCCOc1ccc(N2C(=O)NC(=O)/C(=C/c3c(OS(=O)(=O)c4ccc(C)cc4)ccc4ccccc34)C2=O)cc1. The third-order valence-electron chi connectivity index (χ3n) is 6.69. The van der Waals surface area contributed by atoms with Crippen LogP contribution in [-0.2, 0) is 19.7 Å². The predicted octanol–water partition coefficient (Wildman–Crippen LogP) is 5.76. The lowest BCUT2D eigenvalue weighted by Crippen LogP contribution is -2.54. The number of ether oxygens (including phenoxy) is 1. The van der Waals surface area contributed by atoms with Crippen LogP contribution in [0.1, 0.15) is 30.9 Å². The standard InChI is InChI=1S/C32H28N2O7S/c1-3-4-19-40-24-14-12-23(13-15-24)34-31(36)28(30(35)33-32(34)37)20-27-26-8-6-5-7-22(26)11-18-29(27)41-42(38,39)25-16-9-21(2)10-17-25/h5-18,20H,3-4,19H2,1-2H3,(H,33,35,37)/b28-20-. The Labute approximate surface area is 243 Å². The maximum absolute atomic E-state index is 13.6. The van der Waals surface area contributed by atoms with E-state index in [0.29, 0.717) is 17.7 Å². The molecule has 1 aliphatic heterocycles. The fraction of sp³-hybridized carbons (Fsp3) is 0.156. The number of carbonyl (C=O) groups is 3. The van der Waals surface area contributed by atoms with E-state index in [9.17, 15) is 22.8 Å². The number of nitrogens with zero attached hydrogens (tertiary/aromatic N) is 1. The molecule has 9 nitrogen and oxygen atoms in total. The van der Waals surface area contributed by atoms with Gasteiger partial charge in [0.05, 0.1) is 12.3 Å². The van der Waals surface area contributed by atoms with Gasteiger partial charge >= 0.3 is 16.1 Å².